The number of carbonyl (C=O) groups excluding carboxylic acids is 2. The lowest BCUT2D eigenvalue weighted by Crippen LogP contribution is -2.58. The summed E-state index contributed by atoms with van der Waals surface area (Å²) in [6.45, 7) is 6.06. The van der Waals surface area contributed by atoms with Crippen molar-refractivity contribution in [3.63, 3.8) is 0 Å². The Morgan fingerprint density at radius 1 is 1.21 bits per heavy atom. The summed E-state index contributed by atoms with van der Waals surface area (Å²) < 4.78 is 5.55. The van der Waals surface area contributed by atoms with Crippen LogP contribution in [0.4, 0.5) is 0 Å². The monoisotopic (exact) mass is 385 g/mol. The molecule has 1 unspecified atom stereocenters. The van der Waals surface area contributed by atoms with E-state index in [0.29, 0.717) is 44.4 Å². The smallest absolute Gasteiger partial charge is 0.236 e. The Kier molecular flexibility index (Phi) is 6.41. The molecule has 0 saturated carbocycles. The third kappa shape index (κ3) is 4.95. The summed E-state index contributed by atoms with van der Waals surface area (Å²) in [4.78, 5) is 28.3. The van der Waals surface area contributed by atoms with Crippen LogP contribution in [0.15, 0.2) is 34.7 Å². The van der Waals surface area contributed by atoms with E-state index in [-0.39, 0.29) is 18.2 Å². The van der Waals surface area contributed by atoms with Gasteiger partial charge in [0.25, 0.3) is 0 Å². The van der Waals surface area contributed by atoms with Crippen LogP contribution in [0.5, 0.6) is 0 Å². The maximum absolute atomic E-state index is 12.6. The molecule has 1 aromatic carbocycles. The van der Waals surface area contributed by atoms with Crippen molar-refractivity contribution in [3.05, 3.63) is 47.7 Å². The van der Waals surface area contributed by atoms with Gasteiger partial charge in [0.1, 0.15) is 6.04 Å². The molecule has 2 amide bonds. The van der Waals surface area contributed by atoms with E-state index in [9.17, 15) is 9.59 Å². The van der Waals surface area contributed by atoms with Crippen molar-refractivity contribution in [2.24, 2.45) is 5.73 Å². The van der Waals surface area contributed by atoms with Gasteiger partial charge in [-0.1, -0.05) is 44.2 Å². The first-order valence-electron chi connectivity index (χ1n) is 9.61. The van der Waals surface area contributed by atoms with E-state index < -0.39 is 11.9 Å². The Morgan fingerprint density at radius 2 is 1.96 bits per heavy atom. The fourth-order valence-electron chi connectivity index (χ4n) is 3.30. The molecule has 3 rings (SSSR count). The summed E-state index contributed by atoms with van der Waals surface area (Å²) in [5.74, 6) is 0.754. The predicted molar refractivity (Wildman–Crippen MR) is 103 cm³/mol. The van der Waals surface area contributed by atoms with E-state index in [4.69, 9.17) is 10.2 Å². The van der Waals surface area contributed by atoms with Crippen molar-refractivity contribution in [1.29, 1.82) is 0 Å². The number of benzene rings is 1. The minimum atomic E-state index is -0.492. The Bertz CT molecular complexity index is 805. The lowest BCUT2D eigenvalue weighted by atomic mass is 10.1. The molecule has 150 valence electrons. The molecule has 1 aliphatic rings. The minimum Gasteiger partial charge on any atom is -0.425 e. The van der Waals surface area contributed by atoms with Crippen LogP contribution < -0.4 is 5.73 Å². The molecule has 0 aliphatic carbocycles. The Morgan fingerprint density at radius 3 is 2.61 bits per heavy atom. The average molecular weight is 385 g/mol. The maximum atomic E-state index is 12.6. The van der Waals surface area contributed by atoms with Gasteiger partial charge in [-0.15, -0.1) is 10.2 Å². The number of rotatable bonds is 7. The van der Waals surface area contributed by atoms with Gasteiger partial charge >= 0.3 is 0 Å². The first-order chi connectivity index (χ1) is 13.4. The second kappa shape index (κ2) is 8.97. The van der Waals surface area contributed by atoms with E-state index in [0.717, 1.165) is 5.56 Å². The molecule has 1 aromatic heterocycles. The molecule has 1 fully saturated rings. The molecule has 8 heteroatoms. The van der Waals surface area contributed by atoms with Crippen LogP contribution in [0.2, 0.25) is 0 Å². The molecule has 0 bridgehead atoms. The Hall–Kier alpha value is -2.74. The summed E-state index contributed by atoms with van der Waals surface area (Å²) in [6, 6.07) is 9.44. The number of primary amides is 1. The van der Waals surface area contributed by atoms with Gasteiger partial charge in [0.15, 0.2) is 0 Å². The second-order valence-corrected chi connectivity index (χ2v) is 7.40. The molecule has 1 atom stereocenters. The second-order valence-electron chi connectivity index (χ2n) is 7.40. The zero-order chi connectivity index (χ0) is 20.1. The lowest BCUT2D eigenvalue weighted by molar-refractivity contribution is -0.137. The topological polar surface area (TPSA) is 106 Å². The molecular weight excluding hydrogens is 358 g/mol. The first-order valence-corrected chi connectivity index (χ1v) is 9.61. The van der Waals surface area contributed by atoms with Gasteiger partial charge in [0.05, 0.1) is 0 Å². The Balaban J connectivity index is 1.56. The minimum absolute atomic E-state index is 0.0325. The van der Waals surface area contributed by atoms with Crippen LogP contribution in [-0.4, -0.2) is 57.5 Å². The number of hydrogen-bond donors (Lipinski definition) is 1. The summed E-state index contributed by atoms with van der Waals surface area (Å²) in [5.41, 5.74) is 6.73. The quantitative estimate of drug-likeness (QED) is 0.771. The lowest BCUT2D eigenvalue weighted by Gasteiger charge is -2.40. The number of nitrogens with two attached hydrogens (primary N) is 1. The standard InChI is InChI=1S/C20H27N5O3/c1-14(2)20-23-22-17(28-20)8-9-18(26)25-11-10-24(16(13-25)19(21)27)12-15-6-4-3-5-7-15/h3-7,14,16H,8-13H2,1-2H3,(H2,21,27). The summed E-state index contributed by atoms with van der Waals surface area (Å²) in [5, 5.41) is 7.97. The molecule has 2 aromatic rings. The number of amides is 2. The molecule has 1 saturated heterocycles. The molecule has 2 heterocycles. The maximum Gasteiger partial charge on any atom is 0.236 e. The van der Waals surface area contributed by atoms with E-state index in [1.54, 1.807) is 4.90 Å². The highest BCUT2D eigenvalue weighted by Crippen LogP contribution is 2.17. The number of hydrogen-bond acceptors (Lipinski definition) is 6. The van der Waals surface area contributed by atoms with Crippen molar-refractivity contribution >= 4 is 11.8 Å². The highest BCUT2D eigenvalue weighted by molar-refractivity contribution is 5.82. The van der Waals surface area contributed by atoms with E-state index >= 15 is 0 Å². The van der Waals surface area contributed by atoms with Gasteiger partial charge < -0.3 is 15.1 Å². The number of carbonyl (C=O) groups is 2. The zero-order valence-electron chi connectivity index (χ0n) is 16.4. The van der Waals surface area contributed by atoms with Gasteiger partial charge in [-0.2, -0.15) is 0 Å². The zero-order valence-corrected chi connectivity index (χ0v) is 16.4. The third-order valence-electron chi connectivity index (χ3n) is 4.93. The molecular formula is C20H27N5O3. The van der Waals surface area contributed by atoms with Crippen LogP contribution in [0.1, 0.15) is 43.5 Å². The van der Waals surface area contributed by atoms with E-state index in [1.165, 1.54) is 0 Å². The first kappa shape index (κ1) is 20.0. The largest absolute Gasteiger partial charge is 0.425 e. The van der Waals surface area contributed by atoms with Crippen LogP contribution in [-0.2, 0) is 22.6 Å². The van der Waals surface area contributed by atoms with Gasteiger partial charge in [-0.3, -0.25) is 14.5 Å². The number of aryl methyl sites for hydroxylation is 1. The van der Waals surface area contributed by atoms with Crippen LogP contribution in [0.3, 0.4) is 0 Å². The fraction of sp³-hybridized carbons (Fsp3) is 0.500. The summed E-state index contributed by atoms with van der Waals surface area (Å²) in [7, 11) is 0. The van der Waals surface area contributed by atoms with Crippen molar-refractivity contribution in [3.8, 4) is 0 Å². The highest BCUT2D eigenvalue weighted by atomic mass is 16.4. The van der Waals surface area contributed by atoms with Gasteiger partial charge in [0.2, 0.25) is 23.6 Å². The molecule has 1 aliphatic heterocycles. The molecule has 2 N–H and O–H groups in total. The third-order valence-corrected chi connectivity index (χ3v) is 4.93. The molecule has 28 heavy (non-hydrogen) atoms. The van der Waals surface area contributed by atoms with Crippen molar-refractivity contribution in [2.45, 2.75) is 45.2 Å². The van der Waals surface area contributed by atoms with E-state index in [1.807, 2.05) is 49.1 Å². The SMILES string of the molecule is CC(C)c1nnc(CCC(=O)N2CCN(Cc3ccccc3)C(C(N)=O)C2)o1. The number of aromatic nitrogens is 2. The number of piperazine rings is 1. The van der Waals surface area contributed by atoms with Crippen LogP contribution in [0.25, 0.3) is 0 Å². The number of nitrogens with zero attached hydrogens (tertiary/aromatic N) is 4. The van der Waals surface area contributed by atoms with E-state index in [2.05, 4.69) is 10.2 Å². The van der Waals surface area contributed by atoms with Crippen molar-refractivity contribution < 1.29 is 14.0 Å². The van der Waals surface area contributed by atoms with Crippen LogP contribution in [0, 0.1) is 0 Å². The van der Waals surface area contributed by atoms with Gasteiger partial charge in [0, 0.05) is 44.9 Å². The Labute approximate surface area is 164 Å². The fourth-order valence-corrected chi connectivity index (χ4v) is 3.30. The molecule has 8 nitrogen and oxygen atoms in total. The van der Waals surface area contributed by atoms with Crippen molar-refractivity contribution in [1.82, 2.24) is 20.0 Å². The molecule has 0 spiro atoms. The summed E-state index contributed by atoms with van der Waals surface area (Å²) >= 11 is 0. The molecule has 0 radical (unpaired) electrons. The van der Waals surface area contributed by atoms with Crippen molar-refractivity contribution in [2.75, 3.05) is 19.6 Å². The van der Waals surface area contributed by atoms with Crippen LogP contribution >= 0.6 is 0 Å². The normalized spacial score (nSPS) is 17.8. The van der Waals surface area contributed by atoms with Gasteiger partial charge in [-0.25, -0.2) is 0 Å². The highest BCUT2D eigenvalue weighted by Gasteiger charge is 2.33. The predicted octanol–water partition coefficient (Wildman–Crippen LogP) is 1.32. The summed E-state index contributed by atoms with van der Waals surface area (Å²) in [6.07, 6.45) is 0.661. The van der Waals surface area contributed by atoms with Gasteiger partial charge in [-0.05, 0) is 5.56 Å². The average Bonchev–Trinajstić information content (AvgIpc) is 3.16.